The molecule has 0 aliphatic carbocycles. The normalized spacial score (nSPS) is 12.0. The Kier molecular flexibility index (Phi) is 6.41. The van der Waals surface area contributed by atoms with Crippen molar-refractivity contribution in [3.05, 3.63) is 69.9 Å². The Bertz CT molecular complexity index is 987. The molecule has 140 valence electrons. The van der Waals surface area contributed by atoms with Gasteiger partial charge in [0.1, 0.15) is 5.82 Å². The first-order chi connectivity index (χ1) is 12.9. The van der Waals surface area contributed by atoms with Crippen LogP contribution in [0, 0.1) is 9.77 Å². The fraction of sp³-hybridized carbons (Fsp3) is 0.211. The number of rotatable bonds is 6. The zero-order valence-corrected chi connectivity index (χ0v) is 17.3. The van der Waals surface area contributed by atoms with Crippen LogP contribution in [0.15, 0.2) is 58.9 Å². The molecule has 3 rings (SSSR count). The van der Waals surface area contributed by atoms with Crippen LogP contribution >= 0.6 is 35.3 Å². The molecule has 0 radical (unpaired) electrons. The number of benzene rings is 2. The number of thioether (sulfide) groups is 1. The van der Waals surface area contributed by atoms with Gasteiger partial charge in [-0.05, 0) is 49.0 Å². The highest BCUT2D eigenvalue weighted by molar-refractivity contribution is 8.02. The molecule has 1 atom stereocenters. The molecule has 1 unspecified atom stereocenters. The van der Waals surface area contributed by atoms with Crippen LogP contribution in [0.2, 0.25) is 0 Å². The Hall–Kier alpha value is -2.03. The van der Waals surface area contributed by atoms with E-state index >= 15 is 0 Å². The largest absolute Gasteiger partial charge is 0.340 e. The fourth-order valence-electron chi connectivity index (χ4n) is 2.54. The van der Waals surface area contributed by atoms with Crippen molar-refractivity contribution in [3.8, 4) is 5.69 Å². The van der Waals surface area contributed by atoms with Crippen LogP contribution in [0.1, 0.15) is 12.5 Å². The molecule has 0 N–H and O–H groups in total. The maximum absolute atomic E-state index is 13.3. The van der Waals surface area contributed by atoms with Crippen molar-refractivity contribution < 1.29 is 9.18 Å². The van der Waals surface area contributed by atoms with Gasteiger partial charge in [-0.1, -0.05) is 53.4 Å². The fourth-order valence-corrected chi connectivity index (χ4v) is 5.16. The summed E-state index contributed by atoms with van der Waals surface area (Å²) in [5, 5.41) is 4.21. The van der Waals surface area contributed by atoms with Gasteiger partial charge in [-0.15, -0.1) is 5.10 Å². The van der Waals surface area contributed by atoms with E-state index in [0.29, 0.717) is 10.5 Å². The Morgan fingerprint density at radius 2 is 2.04 bits per heavy atom. The van der Waals surface area contributed by atoms with Crippen LogP contribution < -0.4 is 0 Å². The van der Waals surface area contributed by atoms with Crippen LogP contribution in [0.5, 0.6) is 0 Å². The van der Waals surface area contributed by atoms with E-state index in [-0.39, 0.29) is 17.0 Å². The maximum atomic E-state index is 13.3. The summed E-state index contributed by atoms with van der Waals surface area (Å²) in [4.78, 5) is 14.3. The Balaban J connectivity index is 1.67. The number of amides is 1. The summed E-state index contributed by atoms with van der Waals surface area (Å²) in [7, 11) is 1.72. The second-order valence-electron chi connectivity index (χ2n) is 5.97. The molecule has 0 saturated carbocycles. The van der Waals surface area contributed by atoms with Crippen molar-refractivity contribution in [1.82, 2.24) is 14.7 Å². The third-order valence-electron chi connectivity index (χ3n) is 3.84. The third kappa shape index (κ3) is 5.03. The third-order valence-corrected chi connectivity index (χ3v) is 6.24. The van der Waals surface area contributed by atoms with Crippen molar-refractivity contribution in [2.24, 2.45) is 0 Å². The van der Waals surface area contributed by atoms with Gasteiger partial charge in [-0.2, -0.15) is 0 Å². The monoisotopic (exact) mass is 419 g/mol. The summed E-state index contributed by atoms with van der Waals surface area (Å²) < 4.78 is 16.4. The standard InChI is InChI=1S/C19H18FN3OS3/c1-13(17(24)22(2)12-14-7-6-8-15(20)11-14)26-18-21-23(19(25)27-18)16-9-4-3-5-10-16/h3-11,13H,12H2,1-2H3. The van der Waals surface area contributed by atoms with Gasteiger partial charge >= 0.3 is 0 Å². The zero-order chi connectivity index (χ0) is 19.4. The minimum absolute atomic E-state index is 0.0448. The lowest BCUT2D eigenvalue weighted by atomic mass is 10.2. The smallest absolute Gasteiger partial charge is 0.235 e. The van der Waals surface area contributed by atoms with Crippen molar-refractivity contribution in [2.45, 2.75) is 23.1 Å². The highest BCUT2D eigenvalue weighted by Crippen LogP contribution is 2.28. The molecular formula is C19H18FN3OS3. The number of nitrogens with zero attached hydrogens (tertiary/aromatic N) is 3. The van der Waals surface area contributed by atoms with E-state index in [1.165, 1.54) is 35.2 Å². The van der Waals surface area contributed by atoms with Gasteiger partial charge in [0.15, 0.2) is 8.29 Å². The van der Waals surface area contributed by atoms with E-state index in [0.717, 1.165) is 15.6 Å². The van der Waals surface area contributed by atoms with Crippen molar-refractivity contribution in [2.75, 3.05) is 7.05 Å². The minimum Gasteiger partial charge on any atom is -0.340 e. The molecule has 0 spiro atoms. The predicted molar refractivity (Wildman–Crippen MR) is 110 cm³/mol. The molecule has 1 heterocycles. The average molecular weight is 420 g/mol. The number of halogens is 1. The lowest BCUT2D eigenvalue weighted by Gasteiger charge is -2.20. The van der Waals surface area contributed by atoms with E-state index in [1.807, 2.05) is 37.3 Å². The lowest BCUT2D eigenvalue weighted by Crippen LogP contribution is -2.32. The summed E-state index contributed by atoms with van der Waals surface area (Å²) >= 11 is 8.16. The van der Waals surface area contributed by atoms with Crippen LogP contribution in [0.25, 0.3) is 5.69 Å². The molecule has 8 heteroatoms. The molecule has 1 amide bonds. The van der Waals surface area contributed by atoms with Crippen LogP contribution in [0.3, 0.4) is 0 Å². The van der Waals surface area contributed by atoms with Crippen LogP contribution in [-0.2, 0) is 11.3 Å². The summed E-state index contributed by atoms with van der Waals surface area (Å²) in [5.41, 5.74) is 1.65. The molecule has 0 bridgehead atoms. The molecule has 1 aromatic heterocycles. The predicted octanol–water partition coefficient (Wildman–Crippen LogP) is 4.94. The zero-order valence-electron chi connectivity index (χ0n) is 14.8. The second-order valence-corrected chi connectivity index (χ2v) is 9.18. The van der Waals surface area contributed by atoms with Gasteiger partial charge in [0.05, 0.1) is 10.9 Å². The van der Waals surface area contributed by atoms with E-state index in [9.17, 15) is 9.18 Å². The first-order valence-corrected chi connectivity index (χ1v) is 10.4. The summed E-state index contributed by atoms with van der Waals surface area (Å²) in [6, 6.07) is 15.9. The quantitative estimate of drug-likeness (QED) is 0.419. The Morgan fingerprint density at radius 1 is 1.30 bits per heavy atom. The minimum atomic E-state index is -0.326. The number of hydrogen-bond acceptors (Lipinski definition) is 5. The molecule has 0 saturated heterocycles. The molecule has 0 aliphatic rings. The summed E-state index contributed by atoms with van der Waals surface area (Å²) in [6.45, 7) is 2.20. The summed E-state index contributed by atoms with van der Waals surface area (Å²) in [6.07, 6.45) is 0. The molecule has 27 heavy (non-hydrogen) atoms. The van der Waals surface area contributed by atoms with Crippen molar-refractivity contribution >= 4 is 41.2 Å². The number of aromatic nitrogens is 2. The number of hydrogen-bond donors (Lipinski definition) is 0. The van der Waals surface area contributed by atoms with Gasteiger partial charge < -0.3 is 4.90 Å². The first-order valence-electron chi connectivity index (χ1n) is 8.25. The molecule has 0 aliphatic heterocycles. The van der Waals surface area contributed by atoms with E-state index in [4.69, 9.17) is 12.2 Å². The van der Waals surface area contributed by atoms with Gasteiger partial charge in [0, 0.05) is 13.6 Å². The summed E-state index contributed by atoms with van der Waals surface area (Å²) in [5.74, 6) is -0.348. The highest BCUT2D eigenvalue weighted by Gasteiger charge is 2.21. The van der Waals surface area contributed by atoms with E-state index in [1.54, 1.807) is 28.8 Å². The highest BCUT2D eigenvalue weighted by atomic mass is 32.2. The molecule has 3 aromatic rings. The van der Waals surface area contributed by atoms with Gasteiger partial charge in [-0.3, -0.25) is 4.79 Å². The van der Waals surface area contributed by atoms with Crippen molar-refractivity contribution in [1.29, 1.82) is 0 Å². The van der Waals surface area contributed by atoms with Gasteiger partial charge in [0.2, 0.25) is 5.91 Å². The van der Waals surface area contributed by atoms with Crippen LogP contribution in [0.4, 0.5) is 4.39 Å². The van der Waals surface area contributed by atoms with Gasteiger partial charge in [0.25, 0.3) is 0 Å². The first kappa shape index (κ1) is 19.7. The van der Waals surface area contributed by atoms with Crippen LogP contribution in [-0.4, -0.2) is 32.9 Å². The number of carbonyl (C=O) groups excluding carboxylic acids is 1. The lowest BCUT2D eigenvalue weighted by molar-refractivity contribution is -0.129. The Labute approximate surface area is 170 Å². The topological polar surface area (TPSA) is 38.1 Å². The maximum Gasteiger partial charge on any atom is 0.235 e. The van der Waals surface area contributed by atoms with E-state index in [2.05, 4.69) is 5.10 Å². The van der Waals surface area contributed by atoms with E-state index < -0.39 is 0 Å². The molecule has 0 fully saturated rings. The second kappa shape index (κ2) is 8.77. The average Bonchev–Trinajstić information content (AvgIpc) is 3.01. The van der Waals surface area contributed by atoms with Crippen molar-refractivity contribution in [3.63, 3.8) is 0 Å². The molecular weight excluding hydrogens is 401 g/mol. The number of carbonyl (C=O) groups is 1. The Morgan fingerprint density at radius 3 is 2.74 bits per heavy atom. The number of para-hydroxylation sites is 1. The van der Waals surface area contributed by atoms with Gasteiger partial charge in [-0.25, -0.2) is 9.07 Å². The molecule has 4 nitrogen and oxygen atoms in total. The molecule has 2 aromatic carbocycles. The SMILES string of the molecule is CC(Sc1nn(-c2ccccc2)c(=S)s1)C(=O)N(C)Cc1cccc(F)c1.